The van der Waals surface area contributed by atoms with Gasteiger partial charge in [0.05, 0.1) is 33.1 Å². The first kappa shape index (κ1) is 29.8. The number of hydrogen-bond donors (Lipinski definition) is 0. The van der Waals surface area contributed by atoms with Crippen LogP contribution in [-0.4, -0.2) is 17.9 Å². The molecule has 0 saturated heterocycles. The van der Waals surface area contributed by atoms with Crippen LogP contribution in [0.3, 0.4) is 0 Å². The number of para-hydroxylation sites is 5. The van der Waals surface area contributed by atoms with Crippen LogP contribution in [0, 0.1) is 0 Å². The lowest BCUT2D eigenvalue weighted by molar-refractivity contribution is 1.14. The summed E-state index contributed by atoms with van der Waals surface area (Å²) in [5.41, 5.74) is 21.7. The van der Waals surface area contributed by atoms with Crippen LogP contribution in [0.5, 0.6) is 0 Å². The van der Waals surface area contributed by atoms with Gasteiger partial charge in [-0.1, -0.05) is 127 Å². The predicted octanol–water partition coefficient (Wildman–Crippen LogP) is 13.4. The lowest BCUT2D eigenvalue weighted by Gasteiger charge is -2.23. The number of fused-ring (bicyclic) bond motifs is 18. The highest BCUT2D eigenvalue weighted by molar-refractivity contribution is 6.04. The lowest BCUT2D eigenvalue weighted by Crippen LogP contribution is -1.99. The van der Waals surface area contributed by atoms with E-state index in [9.17, 15) is 0 Å². The zero-order valence-corrected chi connectivity index (χ0v) is 30.3. The van der Waals surface area contributed by atoms with Gasteiger partial charge in [0.25, 0.3) is 0 Å². The van der Waals surface area contributed by atoms with Crippen molar-refractivity contribution in [2.45, 2.75) is 0 Å². The summed E-state index contributed by atoms with van der Waals surface area (Å²) in [6.45, 7) is 0. The Morgan fingerprint density at radius 3 is 1.16 bits per heavy atom. The SMILES string of the molecule is c1ccc2c(c1)-c1ccccc1-c1ccc(-n3c4ccccc4n4c5cc(-n6c7ccccc7n7c8ccccc8cc67)ccc5cc34)cc1-c1ccccc1-2. The second kappa shape index (κ2) is 11.0. The minimum absolute atomic E-state index is 1.14. The molecule has 4 nitrogen and oxygen atoms in total. The smallest absolute Gasteiger partial charge is 0.123 e. The number of nitrogens with zero attached hydrogens (tertiary/aromatic N) is 4. The number of rotatable bonds is 2. The van der Waals surface area contributed by atoms with E-state index < -0.39 is 0 Å². The molecule has 12 aromatic rings. The molecule has 1 aliphatic carbocycles. The van der Waals surface area contributed by atoms with Crippen molar-refractivity contribution in [2.75, 3.05) is 0 Å². The van der Waals surface area contributed by atoms with Crippen LogP contribution in [-0.2, 0) is 0 Å². The summed E-state index contributed by atoms with van der Waals surface area (Å²) in [7, 11) is 0. The summed E-state index contributed by atoms with van der Waals surface area (Å²) in [5, 5.41) is 2.45. The third-order valence-electron chi connectivity index (χ3n) is 12.1. The maximum atomic E-state index is 2.45. The Kier molecular flexibility index (Phi) is 5.86. The first-order chi connectivity index (χ1) is 27.8. The largest absolute Gasteiger partial charge is 0.294 e. The molecule has 4 heterocycles. The first-order valence-corrected chi connectivity index (χ1v) is 19.3. The molecule has 13 rings (SSSR count). The molecular formula is C52H32N4. The van der Waals surface area contributed by atoms with Gasteiger partial charge in [0, 0.05) is 22.1 Å². The molecule has 0 spiro atoms. The summed E-state index contributed by atoms with van der Waals surface area (Å²) in [5.74, 6) is 0. The van der Waals surface area contributed by atoms with Crippen LogP contribution in [0.15, 0.2) is 194 Å². The molecule has 8 aromatic carbocycles. The van der Waals surface area contributed by atoms with Gasteiger partial charge in [-0.05, 0) is 111 Å². The average molecular weight is 713 g/mol. The molecule has 0 radical (unpaired) electrons. The molecule has 1 aliphatic rings. The summed E-state index contributed by atoms with van der Waals surface area (Å²) in [6, 6.07) is 71.5. The summed E-state index contributed by atoms with van der Waals surface area (Å²) in [6.07, 6.45) is 0. The highest BCUT2D eigenvalue weighted by atomic mass is 15.2. The Morgan fingerprint density at radius 1 is 0.232 bits per heavy atom. The van der Waals surface area contributed by atoms with E-state index in [-0.39, 0.29) is 0 Å². The van der Waals surface area contributed by atoms with Crippen LogP contribution in [0.4, 0.5) is 0 Å². The number of benzene rings is 8. The van der Waals surface area contributed by atoms with E-state index in [1.54, 1.807) is 0 Å². The molecule has 0 amide bonds. The minimum Gasteiger partial charge on any atom is -0.294 e. The topological polar surface area (TPSA) is 18.7 Å². The number of hydrogen-bond acceptors (Lipinski definition) is 0. The third-order valence-corrected chi connectivity index (χ3v) is 12.1. The Bertz CT molecular complexity index is 3600. The van der Waals surface area contributed by atoms with E-state index in [0.29, 0.717) is 0 Å². The summed E-state index contributed by atoms with van der Waals surface area (Å²) < 4.78 is 9.70. The van der Waals surface area contributed by atoms with Crippen molar-refractivity contribution in [3.63, 3.8) is 0 Å². The van der Waals surface area contributed by atoms with E-state index in [1.807, 2.05) is 0 Å². The lowest BCUT2D eigenvalue weighted by atomic mass is 9.81. The monoisotopic (exact) mass is 712 g/mol. The fourth-order valence-corrected chi connectivity index (χ4v) is 9.75. The number of imidazole rings is 2. The van der Waals surface area contributed by atoms with Gasteiger partial charge >= 0.3 is 0 Å². The van der Waals surface area contributed by atoms with Crippen LogP contribution >= 0.6 is 0 Å². The zero-order valence-electron chi connectivity index (χ0n) is 30.3. The minimum atomic E-state index is 1.14. The Balaban J connectivity index is 1.07. The molecule has 0 N–H and O–H groups in total. The molecular weight excluding hydrogens is 681 g/mol. The molecule has 4 heteroatoms. The molecule has 0 atom stereocenters. The van der Waals surface area contributed by atoms with Crippen LogP contribution in [0.25, 0.3) is 111 Å². The normalized spacial score (nSPS) is 12.3. The van der Waals surface area contributed by atoms with Gasteiger partial charge in [0.2, 0.25) is 0 Å². The number of aromatic nitrogens is 4. The maximum absolute atomic E-state index is 2.45. The van der Waals surface area contributed by atoms with Gasteiger partial charge in [-0.2, -0.15) is 0 Å². The molecule has 0 bridgehead atoms. The van der Waals surface area contributed by atoms with Gasteiger partial charge in [0.1, 0.15) is 11.3 Å². The van der Waals surface area contributed by atoms with Crippen molar-refractivity contribution in [1.82, 2.24) is 17.9 Å². The van der Waals surface area contributed by atoms with Crippen LogP contribution < -0.4 is 0 Å². The van der Waals surface area contributed by atoms with E-state index in [4.69, 9.17) is 0 Å². The van der Waals surface area contributed by atoms with Crippen molar-refractivity contribution in [1.29, 1.82) is 0 Å². The Hall–Kier alpha value is -7.56. The molecule has 0 unspecified atom stereocenters. The average Bonchev–Trinajstić information content (AvgIpc) is 3.99. The highest BCUT2D eigenvalue weighted by Gasteiger charge is 2.24. The van der Waals surface area contributed by atoms with Crippen molar-refractivity contribution in [2.24, 2.45) is 0 Å². The fraction of sp³-hybridized carbons (Fsp3) is 0. The Labute approximate surface area is 322 Å². The van der Waals surface area contributed by atoms with Crippen LogP contribution in [0.2, 0.25) is 0 Å². The predicted molar refractivity (Wildman–Crippen MR) is 232 cm³/mol. The van der Waals surface area contributed by atoms with Gasteiger partial charge in [-0.3, -0.25) is 17.9 Å². The molecule has 0 saturated carbocycles. The van der Waals surface area contributed by atoms with Gasteiger partial charge in [-0.25, -0.2) is 0 Å². The van der Waals surface area contributed by atoms with Gasteiger partial charge in [0.15, 0.2) is 0 Å². The van der Waals surface area contributed by atoms with E-state index in [2.05, 4.69) is 212 Å². The molecule has 260 valence electrons. The van der Waals surface area contributed by atoms with Crippen LogP contribution in [0.1, 0.15) is 0 Å². The standard InChI is InChI=1S/C52H32N4/c1-8-20-45-33(13-1)29-51-54(46-21-9-11-23-48(46)55(45)51)36-26-25-34-30-52-53(47-22-10-12-24-49(47)56(52)50(34)32-36)35-27-28-43-41-18-5-4-16-39(41)37-14-2-3-15-38(37)40-17-6-7-19-42(40)44(43)31-35/h1-32H. The van der Waals surface area contributed by atoms with Crippen molar-refractivity contribution in [3.8, 4) is 55.9 Å². The fourth-order valence-electron chi connectivity index (χ4n) is 9.75. The maximum Gasteiger partial charge on any atom is 0.123 e. The Morgan fingerprint density at radius 2 is 0.607 bits per heavy atom. The molecule has 0 fully saturated rings. The summed E-state index contributed by atoms with van der Waals surface area (Å²) >= 11 is 0. The van der Waals surface area contributed by atoms with E-state index >= 15 is 0 Å². The molecule has 0 aliphatic heterocycles. The molecule has 56 heavy (non-hydrogen) atoms. The van der Waals surface area contributed by atoms with Crippen molar-refractivity contribution >= 4 is 55.2 Å². The zero-order chi connectivity index (χ0) is 36.5. The highest BCUT2D eigenvalue weighted by Crippen LogP contribution is 2.48. The first-order valence-electron chi connectivity index (χ1n) is 19.3. The van der Waals surface area contributed by atoms with Crippen molar-refractivity contribution < 1.29 is 0 Å². The second-order valence-corrected chi connectivity index (χ2v) is 15.0. The van der Waals surface area contributed by atoms with Crippen molar-refractivity contribution in [3.05, 3.63) is 194 Å². The van der Waals surface area contributed by atoms with Gasteiger partial charge in [-0.15, -0.1) is 0 Å². The third kappa shape index (κ3) is 3.92. The van der Waals surface area contributed by atoms with Gasteiger partial charge < -0.3 is 0 Å². The summed E-state index contributed by atoms with van der Waals surface area (Å²) in [4.78, 5) is 0. The van der Waals surface area contributed by atoms with E-state index in [1.165, 1.54) is 88.4 Å². The molecule has 4 aromatic heterocycles. The quantitative estimate of drug-likeness (QED) is 0.170. The second-order valence-electron chi connectivity index (χ2n) is 15.0. The van der Waals surface area contributed by atoms with E-state index in [0.717, 1.165) is 22.7 Å².